The molecule has 0 atom stereocenters. The minimum Gasteiger partial charge on any atom is -0.497 e. The first-order chi connectivity index (χ1) is 11.5. The summed E-state index contributed by atoms with van der Waals surface area (Å²) in [7, 11) is -2.34. The van der Waals surface area contributed by atoms with Crippen molar-refractivity contribution in [3.05, 3.63) is 66.3 Å². The summed E-state index contributed by atoms with van der Waals surface area (Å²) in [4.78, 5) is 7.27. The summed E-state index contributed by atoms with van der Waals surface area (Å²) in [5, 5.41) is 4.04. The highest BCUT2D eigenvalue weighted by atomic mass is 32.2. The Labute approximate surface area is 139 Å². The normalized spacial score (nSPS) is 11.0. The molecule has 0 amide bonds. The summed E-state index contributed by atoms with van der Waals surface area (Å²) >= 11 is 0. The van der Waals surface area contributed by atoms with Crippen LogP contribution in [0.15, 0.2) is 59.8 Å². The van der Waals surface area contributed by atoms with Crippen LogP contribution in [-0.4, -0.2) is 29.7 Å². The molecule has 0 aliphatic carbocycles. The van der Waals surface area contributed by atoms with E-state index in [0.717, 1.165) is 10.4 Å². The van der Waals surface area contributed by atoms with Crippen molar-refractivity contribution in [1.82, 2.24) is 14.2 Å². The molecule has 3 rings (SSSR count). The number of aromatic nitrogens is 3. The van der Waals surface area contributed by atoms with Crippen LogP contribution in [0.4, 0.5) is 5.69 Å². The largest absolute Gasteiger partial charge is 0.497 e. The highest BCUT2D eigenvalue weighted by Crippen LogP contribution is 2.22. The molecule has 0 N–H and O–H groups in total. The number of benzene rings is 2. The van der Waals surface area contributed by atoms with Gasteiger partial charge in [0.2, 0.25) is 0 Å². The molecule has 24 heavy (non-hydrogen) atoms. The van der Waals surface area contributed by atoms with Gasteiger partial charge >= 0.3 is 0 Å². The summed E-state index contributed by atoms with van der Waals surface area (Å²) in [5.74, 6) is 0.962. The van der Waals surface area contributed by atoms with Gasteiger partial charge in [0.05, 0.1) is 18.6 Å². The van der Waals surface area contributed by atoms with E-state index in [1.165, 1.54) is 24.3 Å². The highest BCUT2D eigenvalue weighted by Gasteiger charge is 2.19. The fraction of sp³-hybridized carbons (Fsp3) is 0.0625. The fourth-order valence-corrected chi connectivity index (χ4v) is 3.15. The second kappa shape index (κ2) is 6.14. The molecule has 0 saturated carbocycles. The van der Waals surface area contributed by atoms with Crippen LogP contribution in [0.25, 0.3) is 16.2 Å². The second-order valence-electron chi connectivity index (χ2n) is 4.78. The quantitative estimate of drug-likeness (QED) is 0.682. The number of nitrogens with zero attached hydrogens (tertiary/aromatic N) is 4. The van der Waals surface area contributed by atoms with Crippen molar-refractivity contribution in [2.45, 2.75) is 4.90 Å². The summed E-state index contributed by atoms with van der Waals surface area (Å²) in [6.45, 7) is 6.98. The smallest absolute Gasteiger partial charge is 0.283 e. The lowest BCUT2D eigenvalue weighted by Crippen LogP contribution is -2.13. The number of methoxy groups -OCH3 is 1. The van der Waals surface area contributed by atoms with Crippen molar-refractivity contribution >= 4 is 15.7 Å². The molecule has 0 aliphatic rings. The lowest BCUT2D eigenvalue weighted by molar-refractivity contribution is 0.415. The Morgan fingerprint density at radius 3 is 2.58 bits per heavy atom. The molecule has 0 saturated heterocycles. The van der Waals surface area contributed by atoms with E-state index in [4.69, 9.17) is 11.3 Å². The Balaban J connectivity index is 1.98. The molecule has 0 radical (unpaired) electrons. The van der Waals surface area contributed by atoms with Crippen LogP contribution < -0.4 is 4.74 Å². The monoisotopic (exact) mass is 340 g/mol. The Morgan fingerprint density at radius 2 is 1.92 bits per heavy atom. The molecule has 0 fully saturated rings. The van der Waals surface area contributed by atoms with Gasteiger partial charge in [-0.15, -0.1) is 9.19 Å². The Morgan fingerprint density at radius 1 is 1.17 bits per heavy atom. The van der Waals surface area contributed by atoms with Crippen molar-refractivity contribution in [3.8, 4) is 17.1 Å². The molecule has 0 bridgehead atoms. The third-order valence-corrected chi connectivity index (χ3v) is 4.83. The van der Waals surface area contributed by atoms with Gasteiger partial charge in [-0.1, -0.05) is 12.1 Å². The van der Waals surface area contributed by atoms with Crippen molar-refractivity contribution in [3.63, 3.8) is 0 Å². The van der Waals surface area contributed by atoms with E-state index in [0.29, 0.717) is 11.3 Å². The molecular weight excluding hydrogens is 328 g/mol. The van der Waals surface area contributed by atoms with Gasteiger partial charge in [-0.3, -0.25) is 0 Å². The molecule has 0 unspecified atom stereocenters. The maximum absolute atomic E-state index is 12.6. The topological polar surface area (TPSA) is 78.4 Å². The Bertz CT molecular complexity index is 1020. The fourth-order valence-electron chi connectivity index (χ4n) is 2.06. The average molecular weight is 340 g/mol. The first-order valence-corrected chi connectivity index (χ1v) is 8.28. The van der Waals surface area contributed by atoms with Crippen LogP contribution in [0.5, 0.6) is 5.75 Å². The van der Waals surface area contributed by atoms with Gasteiger partial charge in [0.1, 0.15) is 12.1 Å². The molecule has 120 valence electrons. The van der Waals surface area contributed by atoms with Crippen LogP contribution in [-0.2, 0) is 10.0 Å². The number of ether oxygens (including phenoxy) is 1. The third kappa shape index (κ3) is 2.85. The molecule has 8 heteroatoms. The SMILES string of the molecule is [C-]#[N+]c1cccc(S(=O)(=O)n2cnc(-c3ccc(OC)cc3)n2)c1. The van der Waals surface area contributed by atoms with Gasteiger partial charge in [-0.25, -0.2) is 9.83 Å². The third-order valence-electron chi connectivity index (χ3n) is 3.31. The van der Waals surface area contributed by atoms with Gasteiger partial charge < -0.3 is 4.74 Å². The minimum atomic E-state index is -3.90. The van der Waals surface area contributed by atoms with Crippen LogP contribution >= 0.6 is 0 Å². The zero-order valence-corrected chi connectivity index (χ0v) is 13.4. The average Bonchev–Trinajstić information content (AvgIpc) is 3.13. The Hall–Kier alpha value is -3.18. The first kappa shape index (κ1) is 15.7. The summed E-state index contributed by atoms with van der Waals surface area (Å²) < 4.78 is 31.0. The van der Waals surface area contributed by atoms with Crippen molar-refractivity contribution in [2.24, 2.45) is 0 Å². The van der Waals surface area contributed by atoms with Crippen LogP contribution in [0.3, 0.4) is 0 Å². The molecule has 2 aromatic carbocycles. The van der Waals surface area contributed by atoms with Gasteiger partial charge in [0, 0.05) is 5.56 Å². The van der Waals surface area contributed by atoms with Crippen molar-refractivity contribution in [2.75, 3.05) is 7.11 Å². The lowest BCUT2D eigenvalue weighted by Gasteiger charge is -2.04. The summed E-state index contributed by atoms with van der Waals surface area (Å²) in [6, 6.07) is 12.7. The first-order valence-electron chi connectivity index (χ1n) is 6.84. The molecule has 0 spiro atoms. The van der Waals surface area contributed by atoms with Gasteiger partial charge in [0.25, 0.3) is 10.0 Å². The van der Waals surface area contributed by atoms with E-state index < -0.39 is 10.0 Å². The molecule has 3 aromatic rings. The summed E-state index contributed by atoms with van der Waals surface area (Å²) in [5.41, 5.74) is 0.909. The number of rotatable bonds is 4. The van der Waals surface area contributed by atoms with Gasteiger partial charge in [0.15, 0.2) is 11.5 Å². The van der Waals surface area contributed by atoms with Crippen LogP contribution in [0.1, 0.15) is 0 Å². The molecular formula is C16H12N4O3S. The molecule has 0 aliphatic heterocycles. The number of hydrogen-bond acceptors (Lipinski definition) is 5. The standard InChI is InChI=1S/C16H12N4O3S/c1-17-13-4-3-5-15(10-13)24(21,22)20-11-18-16(19-20)12-6-8-14(23-2)9-7-12/h3-11H,2H3. The summed E-state index contributed by atoms with van der Waals surface area (Å²) in [6.07, 6.45) is 1.14. The predicted octanol–water partition coefficient (Wildman–Crippen LogP) is 2.74. The number of hydrogen-bond donors (Lipinski definition) is 0. The van der Waals surface area contributed by atoms with E-state index in [1.807, 2.05) is 0 Å². The lowest BCUT2D eigenvalue weighted by atomic mass is 10.2. The zero-order valence-electron chi connectivity index (χ0n) is 12.6. The van der Waals surface area contributed by atoms with E-state index >= 15 is 0 Å². The second-order valence-corrected chi connectivity index (χ2v) is 6.58. The maximum Gasteiger partial charge on any atom is 0.283 e. The molecule has 1 heterocycles. The van der Waals surface area contributed by atoms with Gasteiger partial charge in [-0.05, 0) is 36.4 Å². The van der Waals surface area contributed by atoms with E-state index in [9.17, 15) is 8.42 Å². The van der Waals surface area contributed by atoms with Crippen LogP contribution in [0.2, 0.25) is 0 Å². The minimum absolute atomic E-state index is 0.0119. The Kier molecular flexibility index (Phi) is 4.02. The van der Waals surface area contributed by atoms with Gasteiger partial charge in [-0.2, -0.15) is 8.42 Å². The van der Waals surface area contributed by atoms with Crippen LogP contribution in [0, 0.1) is 6.57 Å². The zero-order chi connectivity index (χ0) is 17.2. The van der Waals surface area contributed by atoms with E-state index in [-0.39, 0.29) is 16.4 Å². The van der Waals surface area contributed by atoms with Crippen molar-refractivity contribution < 1.29 is 13.2 Å². The maximum atomic E-state index is 12.6. The van der Waals surface area contributed by atoms with Crippen molar-refractivity contribution in [1.29, 1.82) is 0 Å². The van der Waals surface area contributed by atoms with E-state index in [2.05, 4.69) is 14.9 Å². The van der Waals surface area contributed by atoms with E-state index in [1.54, 1.807) is 31.4 Å². The predicted molar refractivity (Wildman–Crippen MR) is 87.3 cm³/mol. The molecule has 1 aromatic heterocycles. The highest BCUT2D eigenvalue weighted by molar-refractivity contribution is 7.89. The molecule has 7 nitrogen and oxygen atoms in total.